The predicted octanol–water partition coefficient (Wildman–Crippen LogP) is 10.3. The third kappa shape index (κ3) is 9.96. The molecule has 0 amide bonds. The number of hydrogen-bond acceptors (Lipinski definition) is 3. The third-order valence-corrected chi connectivity index (χ3v) is 10.4. The number of rotatable bonds is 4. The summed E-state index contributed by atoms with van der Waals surface area (Å²) in [4.78, 5) is 3.45. The minimum Gasteiger partial charge on any atom is -0.744 e. The van der Waals surface area contributed by atoms with Crippen LogP contribution in [0, 0.1) is 0 Å². The zero-order chi connectivity index (χ0) is 34.0. The standard InChI is InChI=1S/C30H39S.C7H5F3O3S/c1-28(2,3)22-10-16-25(17-11-22)31(26-18-12-23(13-19-26)29(4,5)6)27-20-14-24(15-21-27)30(7,8)9;8-7(9,10)5-1-3-6(4-2-5)14(11,12)13/h10-21H,1-9H3;1-4H,(H,11,12,13)/q+1;/p-1. The molecule has 3 nitrogen and oxygen atoms in total. The molecule has 4 rings (SSSR count). The molecule has 0 aliphatic rings. The number of alkyl halides is 3. The number of benzene rings is 4. The number of hydrogen-bond donors (Lipinski definition) is 0. The molecule has 0 fully saturated rings. The van der Waals surface area contributed by atoms with Gasteiger partial charge in [-0.25, -0.2) is 8.42 Å². The Bertz CT molecular complexity index is 1520. The average Bonchev–Trinajstić information content (AvgIpc) is 2.92. The molecule has 0 aliphatic carbocycles. The Morgan fingerprint density at radius 1 is 0.467 bits per heavy atom. The van der Waals surface area contributed by atoms with Gasteiger partial charge in [0.1, 0.15) is 10.1 Å². The van der Waals surface area contributed by atoms with Gasteiger partial charge < -0.3 is 4.55 Å². The first kappa shape index (κ1) is 36.4. The summed E-state index contributed by atoms with van der Waals surface area (Å²) < 4.78 is 67.0. The largest absolute Gasteiger partial charge is 0.744 e. The highest BCUT2D eigenvalue weighted by Crippen LogP contribution is 2.35. The van der Waals surface area contributed by atoms with Gasteiger partial charge in [0.2, 0.25) is 0 Å². The lowest BCUT2D eigenvalue weighted by molar-refractivity contribution is -0.137. The molecule has 0 unspecified atom stereocenters. The van der Waals surface area contributed by atoms with E-state index in [1.54, 1.807) is 0 Å². The average molecular weight is 657 g/mol. The summed E-state index contributed by atoms with van der Waals surface area (Å²) in [6.45, 7) is 20.5. The van der Waals surface area contributed by atoms with E-state index in [1.165, 1.54) is 31.4 Å². The number of halogens is 3. The van der Waals surface area contributed by atoms with E-state index < -0.39 is 26.8 Å². The van der Waals surface area contributed by atoms with E-state index in [2.05, 4.69) is 135 Å². The van der Waals surface area contributed by atoms with Crippen LogP contribution >= 0.6 is 0 Å². The van der Waals surface area contributed by atoms with Crippen molar-refractivity contribution in [3.8, 4) is 0 Å². The molecule has 4 aromatic rings. The van der Waals surface area contributed by atoms with E-state index in [1.807, 2.05) is 0 Å². The summed E-state index contributed by atoms with van der Waals surface area (Å²) in [6, 6.07) is 30.2. The van der Waals surface area contributed by atoms with E-state index in [0.717, 1.165) is 0 Å². The minimum absolute atomic E-state index is 0.120. The first-order valence-corrected chi connectivity index (χ1v) is 17.3. The van der Waals surface area contributed by atoms with Crippen LogP contribution in [0.1, 0.15) is 84.6 Å². The fourth-order valence-electron chi connectivity index (χ4n) is 4.49. The van der Waals surface area contributed by atoms with Gasteiger partial charge in [-0.15, -0.1) is 0 Å². The van der Waals surface area contributed by atoms with Crippen molar-refractivity contribution in [2.24, 2.45) is 0 Å². The van der Waals surface area contributed by atoms with Crippen LogP contribution in [-0.4, -0.2) is 13.0 Å². The van der Waals surface area contributed by atoms with Crippen LogP contribution in [0.2, 0.25) is 0 Å². The predicted molar refractivity (Wildman–Crippen MR) is 177 cm³/mol. The molecule has 0 saturated heterocycles. The van der Waals surface area contributed by atoms with E-state index in [9.17, 15) is 26.1 Å². The van der Waals surface area contributed by atoms with Crippen LogP contribution in [0.25, 0.3) is 0 Å². The molecule has 45 heavy (non-hydrogen) atoms. The molecule has 8 heteroatoms. The van der Waals surface area contributed by atoms with Gasteiger partial charge >= 0.3 is 6.18 Å². The van der Waals surface area contributed by atoms with Gasteiger partial charge in [-0.3, -0.25) is 0 Å². The zero-order valence-corrected chi connectivity index (χ0v) is 29.0. The van der Waals surface area contributed by atoms with Gasteiger partial charge in [-0.05, 0) is 93.6 Å². The Labute approximate surface area is 270 Å². The topological polar surface area (TPSA) is 57.2 Å². The quantitative estimate of drug-likeness (QED) is 0.162. The van der Waals surface area contributed by atoms with Crippen molar-refractivity contribution < 1.29 is 26.1 Å². The normalized spacial score (nSPS) is 12.9. The van der Waals surface area contributed by atoms with Gasteiger partial charge in [-0.1, -0.05) is 98.7 Å². The second kappa shape index (κ2) is 13.3. The Morgan fingerprint density at radius 2 is 0.711 bits per heavy atom. The summed E-state index contributed by atoms with van der Waals surface area (Å²) in [5.74, 6) is 0. The Hall–Kier alpha value is -3.07. The summed E-state index contributed by atoms with van der Waals surface area (Å²) >= 11 is 0. The molecular weight excluding hydrogens is 614 g/mol. The van der Waals surface area contributed by atoms with Crippen LogP contribution in [-0.2, 0) is 43.4 Å². The van der Waals surface area contributed by atoms with E-state index in [4.69, 9.17) is 0 Å². The molecule has 0 saturated carbocycles. The van der Waals surface area contributed by atoms with Crippen molar-refractivity contribution >= 4 is 21.0 Å². The van der Waals surface area contributed by atoms with Gasteiger partial charge in [-0.2, -0.15) is 13.2 Å². The molecule has 0 aromatic heterocycles. The Balaban J connectivity index is 0.000000330. The minimum atomic E-state index is -4.68. The lowest BCUT2D eigenvalue weighted by Crippen LogP contribution is -2.13. The van der Waals surface area contributed by atoms with Crippen LogP contribution in [0.5, 0.6) is 0 Å². The first-order valence-electron chi connectivity index (χ1n) is 14.7. The summed E-state index contributed by atoms with van der Waals surface area (Å²) in [5, 5.41) is 0. The maximum absolute atomic E-state index is 12.0. The van der Waals surface area contributed by atoms with E-state index >= 15 is 0 Å². The van der Waals surface area contributed by atoms with Gasteiger partial charge in [0.05, 0.1) is 21.4 Å². The molecule has 0 heterocycles. The lowest BCUT2D eigenvalue weighted by atomic mass is 9.87. The summed E-state index contributed by atoms with van der Waals surface area (Å²) in [5.41, 5.74) is 3.65. The monoisotopic (exact) mass is 656 g/mol. The Kier molecular flexibility index (Phi) is 10.8. The maximum Gasteiger partial charge on any atom is 0.416 e. The fraction of sp³-hybridized carbons (Fsp3) is 0.351. The summed E-state index contributed by atoms with van der Waals surface area (Å²) in [6.07, 6.45) is -4.54. The zero-order valence-electron chi connectivity index (χ0n) is 27.4. The van der Waals surface area contributed by atoms with Crippen LogP contribution < -0.4 is 0 Å². The smallest absolute Gasteiger partial charge is 0.416 e. The molecule has 0 aliphatic heterocycles. The maximum atomic E-state index is 12.0. The van der Waals surface area contributed by atoms with E-state index in [-0.39, 0.29) is 27.1 Å². The molecule has 0 atom stereocenters. The third-order valence-electron chi connectivity index (χ3n) is 7.34. The first-order chi connectivity index (χ1) is 20.5. The summed E-state index contributed by atoms with van der Waals surface area (Å²) in [7, 11) is -4.80. The van der Waals surface area contributed by atoms with Crippen molar-refractivity contribution in [3.05, 3.63) is 119 Å². The van der Waals surface area contributed by atoms with Crippen molar-refractivity contribution in [2.45, 2.75) is 104 Å². The Morgan fingerprint density at radius 3 is 0.911 bits per heavy atom. The second-order valence-corrected chi connectivity index (χ2v) is 17.5. The van der Waals surface area contributed by atoms with Crippen LogP contribution in [0.3, 0.4) is 0 Å². The molecule has 0 spiro atoms. The van der Waals surface area contributed by atoms with Crippen LogP contribution in [0.4, 0.5) is 13.2 Å². The van der Waals surface area contributed by atoms with Gasteiger partial charge in [0.25, 0.3) is 0 Å². The highest BCUT2D eigenvalue weighted by molar-refractivity contribution is 7.97. The fourth-order valence-corrected chi connectivity index (χ4v) is 7.00. The van der Waals surface area contributed by atoms with Crippen molar-refractivity contribution in [1.29, 1.82) is 0 Å². The molecular formula is C37H43F3O3S2. The van der Waals surface area contributed by atoms with Gasteiger partial charge in [0, 0.05) is 0 Å². The highest BCUT2D eigenvalue weighted by atomic mass is 32.2. The van der Waals surface area contributed by atoms with E-state index in [0.29, 0.717) is 24.3 Å². The molecule has 0 radical (unpaired) electrons. The highest BCUT2D eigenvalue weighted by Gasteiger charge is 2.31. The van der Waals surface area contributed by atoms with Crippen molar-refractivity contribution in [2.75, 3.05) is 0 Å². The molecule has 0 N–H and O–H groups in total. The van der Waals surface area contributed by atoms with Crippen LogP contribution in [0.15, 0.2) is 117 Å². The second-order valence-electron chi connectivity index (χ2n) is 14.1. The molecule has 4 aromatic carbocycles. The molecule has 242 valence electrons. The van der Waals surface area contributed by atoms with Crippen molar-refractivity contribution in [3.63, 3.8) is 0 Å². The molecule has 0 bridgehead atoms. The lowest BCUT2D eigenvalue weighted by Gasteiger charge is -2.21. The SMILES string of the molecule is CC(C)(C)c1ccc([S+](c2ccc(C(C)(C)C)cc2)c2ccc(C(C)(C)C)cc2)cc1.O=S(=O)([O-])c1ccc(C(F)(F)F)cc1. The van der Waals surface area contributed by atoms with Crippen molar-refractivity contribution in [1.82, 2.24) is 0 Å². The van der Waals surface area contributed by atoms with Gasteiger partial charge in [0.15, 0.2) is 14.7 Å².